The van der Waals surface area contributed by atoms with Crippen LogP contribution in [0.1, 0.15) is 24.3 Å². The van der Waals surface area contributed by atoms with Crippen molar-refractivity contribution >= 4 is 0 Å². The Morgan fingerprint density at radius 3 is 2.73 bits per heavy atom. The Morgan fingerprint density at radius 1 is 1.60 bits per heavy atom. The Morgan fingerprint density at radius 2 is 2.20 bits per heavy atom. The predicted molar refractivity (Wildman–Crippen MR) is 54.7 cm³/mol. The molecule has 15 heavy (non-hydrogen) atoms. The topological polar surface area (TPSA) is 71.7 Å². The van der Waals surface area contributed by atoms with E-state index in [4.69, 9.17) is 4.74 Å². The van der Waals surface area contributed by atoms with Crippen LogP contribution in [-0.2, 0) is 11.8 Å². The minimum absolute atomic E-state index is 0.112. The Bertz CT molecular complexity index is 411. The van der Waals surface area contributed by atoms with Crippen LogP contribution in [-0.4, -0.2) is 21.4 Å². The summed E-state index contributed by atoms with van der Waals surface area (Å²) in [6, 6.07) is 0. The van der Waals surface area contributed by atoms with Crippen LogP contribution in [0.5, 0.6) is 5.75 Å². The average molecular weight is 213 g/mol. The van der Waals surface area contributed by atoms with E-state index in [1.807, 2.05) is 0 Å². The highest BCUT2D eigenvalue weighted by molar-refractivity contribution is 5.37. The molecule has 1 aromatic rings. The molecule has 1 unspecified atom stereocenters. The lowest BCUT2D eigenvalue weighted by Crippen LogP contribution is -2.24. The highest BCUT2D eigenvalue weighted by atomic mass is 16.6. The van der Waals surface area contributed by atoms with Crippen LogP contribution in [0.3, 0.4) is 0 Å². The maximum Gasteiger partial charge on any atom is 0.262 e. The molecule has 0 aliphatic heterocycles. The van der Waals surface area contributed by atoms with Crippen molar-refractivity contribution in [2.45, 2.75) is 20.1 Å². The number of ether oxygens (including phenoxy) is 1. The second kappa shape index (κ2) is 4.46. The SMILES string of the molecule is CCOC(O)c1c(O)c(C)cn(C)c1=O. The zero-order chi connectivity index (χ0) is 11.6. The molecule has 0 spiro atoms. The fraction of sp³-hybridized carbons (Fsp3) is 0.500. The minimum atomic E-state index is -1.38. The molecule has 0 saturated heterocycles. The molecule has 0 aromatic carbocycles. The second-order valence-corrected chi connectivity index (χ2v) is 3.30. The molecule has 5 nitrogen and oxygen atoms in total. The molecule has 0 amide bonds. The van der Waals surface area contributed by atoms with Gasteiger partial charge in [-0.3, -0.25) is 4.79 Å². The molecule has 0 bridgehead atoms. The van der Waals surface area contributed by atoms with Gasteiger partial charge in [0.05, 0.1) is 0 Å². The van der Waals surface area contributed by atoms with E-state index in [-0.39, 0.29) is 17.9 Å². The zero-order valence-electron chi connectivity index (χ0n) is 9.02. The molecule has 0 radical (unpaired) electrons. The first-order chi connectivity index (χ1) is 6.99. The smallest absolute Gasteiger partial charge is 0.262 e. The van der Waals surface area contributed by atoms with Crippen LogP contribution in [0.4, 0.5) is 0 Å². The number of pyridine rings is 1. The van der Waals surface area contributed by atoms with Crippen molar-refractivity contribution in [2.24, 2.45) is 7.05 Å². The maximum absolute atomic E-state index is 11.6. The summed E-state index contributed by atoms with van der Waals surface area (Å²) in [7, 11) is 1.55. The number of aryl methyl sites for hydroxylation is 2. The van der Waals surface area contributed by atoms with Crippen LogP contribution >= 0.6 is 0 Å². The number of hydrogen-bond donors (Lipinski definition) is 2. The lowest BCUT2D eigenvalue weighted by atomic mass is 10.1. The van der Waals surface area contributed by atoms with Crippen molar-refractivity contribution in [3.05, 3.63) is 27.7 Å². The van der Waals surface area contributed by atoms with Crippen LogP contribution in [0.25, 0.3) is 0 Å². The number of hydrogen-bond acceptors (Lipinski definition) is 4. The van der Waals surface area contributed by atoms with Gasteiger partial charge in [0, 0.05) is 25.4 Å². The average Bonchev–Trinajstić information content (AvgIpc) is 2.16. The number of aromatic nitrogens is 1. The van der Waals surface area contributed by atoms with E-state index in [0.717, 1.165) is 0 Å². The van der Waals surface area contributed by atoms with Crippen LogP contribution < -0.4 is 5.56 Å². The highest BCUT2D eigenvalue weighted by Gasteiger charge is 2.19. The molecule has 1 aromatic heterocycles. The number of aliphatic hydroxyl groups is 1. The second-order valence-electron chi connectivity index (χ2n) is 3.30. The summed E-state index contributed by atoms with van der Waals surface area (Å²) in [5, 5.41) is 19.2. The van der Waals surface area contributed by atoms with Crippen molar-refractivity contribution in [2.75, 3.05) is 6.61 Å². The van der Waals surface area contributed by atoms with E-state index in [2.05, 4.69) is 0 Å². The summed E-state index contributed by atoms with van der Waals surface area (Å²) >= 11 is 0. The molecule has 2 N–H and O–H groups in total. The largest absolute Gasteiger partial charge is 0.507 e. The molecular weight excluding hydrogens is 198 g/mol. The molecular formula is C10H15NO4. The molecule has 1 atom stereocenters. The van der Waals surface area contributed by atoms with Gasteiger partial charge in [0.2, 0.25) is 0 Å². The van der Waals surface area contributed by atoms with E-state index in [1.54, 1.807) is 20.9 Å². The third-order valence-corrected chi connectivity index (χ3v) is 2.14. The highest BCUT2D eigenvalue weighted by Crippen LogP contribution is 2.24. The quantitative estimate of drug-likeness (QED) is 0.714. The number of aromatic hydroxyl groups is 1. The van der Waals surface area contributed by atoms with Gasteiger partial charge in [0.15, 0.2) is 6.29 Å². The molecule has 0 fully saturated rings. The fourth-order valence-corrected chi connectivity index (χ4v) is 1.38. The Balaban J connectivity index is 3.33. The van der Waals surface area contributed by atoms with E-state index in [1.165, 1.54) is 10.8 Å². The molecule has 0 aliphatic carbocycles. The molecule has 1 heterocycles. The van der Waals surface area contributed by atoms with E-state index in [0.29, 0.717) is 5.56 Å². The molecule has 84 valence electrons. The first-order valence-corrected chi connectivity index (χ1v) is 4.67. The maximum atomic E-state index is 11.6. The fourth-order valence-electron chi connectivity index (χ4n) is 1.38. The van der Waals surface area contributed by atoms with Crippen molar-refractivity contribution < 1.29 is 14.9 Å². The van der Waals surface area contributed by atoms with Crippen LogP contribution in [0.15, 0.2) is 11.0 Å². The standard InChI is InChI=1S/C10H15NO4/c1-4-15-10(14)7-8(12)6(2)5-11(3)9(7)13/h5,10,12,14H,4H2,1-3H3. The first-order valence-electron chi connectivity index (χ1n) is 4.67. The summed E-state index contributed by atoms with van der Waals surface area (Å²) in [6.45, 7) is 3.61. The summed E-state index contributed by atoms with van der Waals surface area (Å²) in [6.07, 6.45) is 0.119. The van der Waals surface area contributed by atoms with Gasteiger partial charge < -0.3 is 19.5 Å². The van der Waals surface area contributed by atoms with E-state index >= 15 is 0 Å². The van der Waals surface area contributed by atoms with Gasteiger partial charge in [0.25, 0.3) is 5.56 Å². The molecule has 0 aliphatic rings. The van der Waals surface area contributed by atoms with E-state index in [9.17, 15) is 15.0 Å². The minimum Gasteiger partial charge on any atom is -0.507 e. The van der Waals surface area contributed by atoms with Gasteiger partial charge in [-0.25, -0.2) is 0 Å². The monoisotopic (exact) mass is 213 g/mol. The van der Waals surface area contributed by atoms with Gasteiger partial charge in [-0.05, 0) is 13.8 Å². The lowest BCUT2D eigenvalue weighted by Gasteiger charge is -2.14. The molecule has 0 saturated carbocycles. The van der Waals surface area contributed by atoms with Crippen LogP contribution in [0.2, 0.25) is 0 Å². The summed E-state index contributed by atoms with van der Waals surface area (Å²) in [5.41, 5.74) is -0.0516. The van der Waals surface area contributed by atoms with Gasteiger partial charge in [-0.2, -0.15) is 0 Å². The zero-order valence-corrected chi connectivity index (χ0v) is 9.02. The van der Waals surface area contributed by atoms with E-state index < -0.39 is 11.8 Å². The van der Waals surface area contributed by atoms with Gasteiger partial charge in [0.1, 0.15) is 11.3 Å². The lowest BCUT2D eigenvalue weighted by molar-refractivity contribution is -0.100. The van der Waals surface area contributed by atoms with Gasteiger partial charge >= 0.3 is 0 Å². The molecule has 5 heteroatoms. The van der Waals surface area contributed by atoms with Gasteiger partial charge in [-0.15, -0.1) is 0 Å². The number of nitrogens with zero attached hydrogens (tertiary/aromatic N) is 1. The summed E-state index contributed by atoms with van der Waals surface area (Å²) < 4.78 is 6.18. The number of rotatable bonds is 3. The first kappa shape index (κ1) is 11.7. The Labute approximate surface area is 87.5 Å². The van der Waals surface area contributed by atoms with Gasteiger partial charge in [-0.1, -0.05) is 0 Å². The van der Waals surface area contributed by atoms with Crippen LogP contribution in [0, 0.1) is 6.92 Å². The Kier molecular flexibility index (Phi) is 3.49. The third kappa shape index (κ3) is 2.19. The summed E-state index contributed by atoms with van der Waals surface area (Å²) in [5.74, 6) is -0.209. The summed E-state index contributed by atoms with van der Waals surface area (Å²) in [4.78, 5) is 11.6. The third-order valence-electron chi connectivity index (χ3n) is 2.14. The normalized spacial score (nSPS) is 12.8. The van der Waals surface area contributed by atoms with Crippen molar-refractivity contribution in [1.82, 2.24) is 4.57 Å². The van der Waals surface area contributed by atoms with Crippen molar-refractivity contribution in [3.8, 4) is 5.75 Å². The van der Waals surface area contributed by atoms with Crippen molar-refractivity contribution in [1.29, 1.82) is 0 Å². The Hall–Kier alpha value is -1.33. The predicted octanol–water partition coefficient (Wildman–Crippen LogP) is 0.427. The number of aliphatic hydroxyl groups excluding tert-OH is 1. The van der Waals surface area contributed by atoms with Crippen molar-refractivity contribution in [3.63, 3.8) is 0 Å². The molecule has 1 rings (SSSR count).